The number of aryl methyl sites for hydroxylation is 1. The van der Waals surface area contributed by atoms with Crippen molar-refractivity contribution in [2.24, 2.45) is 0 Å². The van der Waals surface area contributed by atoms with Gasteiger partial charge in [0.2, 0.25) is 5.91 Å². The summed E-state index contributed by atoms with van der Waals surface area (Å²) in [7, 11) is 1.33. The van der Waals surface area contributed by atoms with Crippen LogP contribution >= 0.6 is 0 Å². The van der Waals surface area contributed by atoms with E-state index in [0.29, 0.717) is 0 Å². The first-order valence-electron chi connectivity index (χ1n) is 7.47. The average Bonchev–Trinajstić information content (AvgIpc) is 2.60. The van der Waals surface area contributed by atoms with Crippen molar-refractivity contribution >= 4 is 17.5 Å². The van der Waals surface area contributed by atoms with E-state index in [1.165, 1.54) is 38.2 Å². The Morgan fingerprint density at radius 2 is 1.81 bits per heavy atom. The number of nitro groups is 1. The molecule has 0 spiro atoms. The van der Waals surface area contributed by atoms with Gasteiger partial charge in [-0.1, -0.05) is 6.07 Å². The standard InChI is InChI=1S/C17H15F2N3O4/c1-9-7-11(4-6-14(9)22(25)26)16(23)21-15(17(24)20-2)10-3-5-12(18)13(19)8-10/h3-8,15H,1-2H3,(H,20,24)(H,21,23). The minimum atomic E-state index is -1.27. The molecule has 2 N–H and O–H groups in total. The quantitative estimate of drug-likeness (QED) is 0.629. The number of carbonyl (C=O) groups excluding carboxylic acids is 2. The zero-order valence-electron chi connectivity index (χ0n) is 13.9. The van der Waals surface area contributed by atoms with Gasteiger partial charge in [0.25, 0.3) is 11.6 Å². The van der Waals surface area contributed by atoms with Crippen molar-refractivity contribution in [1.82, 2.24) is 10.6 Å². The van der Waals surface area contributed by atoms with Crippen LogP contribution in [0.5, 0.6) is 0 Å². The number of halogens is 2. The molecule has 1 unspecified atom stereocenters. The highest BCUT2D eigenvalue weighted by molar-refractivity contribution is 5.98. The van der Waals surface area contributed by atoms with Crippen molar-refractivity contribution in [1.29, 1.82) is 0 Å². The summed E-state index contributed by atoms with van der Waals surface area (Å²) in [6, 6.07) is 5.31. The minimum Gasteiger partial charge on any atom is -0.357 e. The van der Waals surface area contributed by atoms with E-state index < -0.39 is 34.4 Å². The van der Waals surface area contributed by atoms with Gasteiger partial charge in [-0.15, -0.1) is 0 Å². The van der Waals surface area contributed by atoms with E-state index >= 15 is 0 Å². The van der Waals surface area contributed by atoms with Gasteiger partial charge < -0.3 is 10.6 Å². The van der Waals surface area contributed by atoms with E-state index in [2.05, 4.69) is 10.6 Å². The molecule has 0 saturated carbocycles. The van der Waals surface area contributed by atoms with Crippen LogP contribution in [0.3, 0.4) is 0 Å². The number of hydrogen-bond acceptors (Lipinski definition) is 4. The molecule has 2 aromatic rings. The fourth-order valence-corrected chi connectivity index (χ4v) is 2.35. The summed E-state index contributed by atoms with van der Waals surface area (Å²) in [5.41, 5.74) is 0.261. The number of hydrogen-bond donors (Lipinski definition) is 2. The topological polar surface area (TPSA) is 101 Å². The molecular weight excluding hydrogens is 348 g/mol. The lowest BCUT2D eigenvalue weighted by Crippen LogP contribution is -2.39. The molecule has 26 heavy (non-hydrogen) atoms. The van der Waals surface area contributed by atoms with Crippen LogP contribution in [0.2, 0.25) is 0 Å². The van der Waals surface area contributed by atoms with Gasteiger partial charge in [0.15, 0.2) is 11.6 Å². The third-order valence-electron chi connectivity index (χ3n) is 3.72. The Kier molecular flexibility index (Phi) is 5.61. The second-order valence-corrected chi connectivity index (χ2v) is 5.45. The van der Waals surface area contributed by atoms with Crippen molar-refractivity contribution in [3.05, 3.63) is 74.8 Å². The molecule has 0 aliphatic carbocycles. The number of nitrogens with one attached hydrogen (secondary N) is 2. The van der Waals surface area contributed by atoms with E-state index in [4.69, 9.17) is 0 Å². The van der Waals surface area contributed by atoms with Crippen molar-refractivity contribution in [2.45, 2.75) is 13.0 Å². The van der Waals surface area contributed by atoms with Crippen LogP contribution in [-0.4, -0.2) is 23.8 Å². The Labute approximate surface area is 147 Å². The molecule has 0 radical (unpaired) electrons. The lowest BCUT2D eigenvalue weighted by atomic mass is 10.0. The van der Waals surface area contributed by atoms with Crippen LogP contribution in [0.25, 0.3) is 0 Å². The molecule has 0 aliphatic heterocycles. The molecule has 0 aromatic heterocycles. The van der Waals surface area contributed by atoms with Crippen LogP contribution in [0.4, 0.5) is 14.5 Å². The van der Waals surface area contributed by atoms with Crippen molar-refractivity contribution in [2.75, 3.05) is 7.05 Å². The Balaban J connectivity index is 2.32. The number of nitro benzene ring substituents is 1. The molecule has 7 nitrogen and oxygen atoms in total. The Morgan fingerprint density at radius 1 is 1.12 bits per heavy atom. The lowest BCUT2D eigenvalue weighted by Gasteiger charge is -2.18. The molecule has 2 rings (SSSR count). The van der Waals surface area contributed by atoms with Crippen LogP contribution in [-0.2, 0) is 4.79 Å². The molecule has 2 amide bonds. The van der Waals surface area contributed by atoms with Gasteiger partial charge in [-0.05, 0) is 36.8 Å². The molecule has 1 atom stereocenters. The maximum absolute atomic E-state index is 13.5. The van der Waals surface area contributed by atoms with E-state index in [0.717, 1.165) is 12.1 Å². The zero-order chi connectivity index (χ0) is 19.4. The molecule has 0 aliphatic rings. The van der Waals surface area contributed by atoms with Crippen LogP contribution < -0.4 is 10.6 Å². The SMILES string of the molecule is CNC(=O)C(NC(=O)c1ccc([N+](=O)[O-])c(C)c1)c1ccc(F)c(F)c1. The van der Waals surface area contributed by atoms with Gasteiger partial charge in [-0.2, -0.15) is 0 Å². The lowest BCUT2D eigenvalue weighted by molar-refractivity contribution is -0.385. The number of nitrogens with zero attached hydrogens (tertiary/aromatic N) is 1. The largest absolute Gasteiger partial charge is 0.357 e. The molecule has 9 heteroatoms. The number of likely N-dealkylation sites (N-methyl/N-ethyl adjacent to an activating group) is 1. The van der Waals surface area contributed by atoms with Crippen LogP contribution in [0, 0.1) is 28.7 Å². The fraction of sp³-hybridized carbons (Fsp3) is 0.176. The maximum Gasteiger partial charge on any atom is 0.272 e. The highest BCUT2D eigenvalue weighted by Gasteiger charge is 2.24. The number of carbonyl (C=O) groups is 2. The first-order chi connectivity index (χ1) is 12.2. The molecule has 0 heterocycles. The number of benzene rings is 2. The predicted octanol–water partition coefficient (Wildman–Crippen LogP) is 2.40. The Bertz CT molecular complexity index is 886. The minimum absolute atomic E-state index is 0.0511. The van der Waals surface area contributed by atoms with Gasteiger partial charge in [0, 0.05) is 24.2 Å². The smallest absolute Gasteiger partial charge is 0.272 e. The summed E-state index contributed by atoms with van der Waals surface area (Å²) in [6.45, 7) is 1.47. The highest BCUT2D eigenvalue weighted by Crippen LogP contribution is 2.21. The van der Waals surface area contributed by atoms with Gasteiger partial charge in [0.05, 0.1) is 4.92 Å². The molecule has 0 bridgehead atoms. The molecule has 2 aromatic carbocycles. The predicted molar refractivity (Wildman–Crippen MR) is 88.5 cm³/mol. The molecule has 0 fully saturated rings. The Morgan fingerprint density at radius 3 is 2.35 bits per heavy atom. The van der Waals surface area contributed by atoms with Crippen LogP contribution in [0.1, 0.15) is 27.5 Å². The third kappa shape index (κ3) is 4.00. The zero-order valence-corrected chi connectivity index (χ0v) is 13.9. The second kappa shape index (κ2) is 7.68. The first kappa shape index (κ1) is 19.0. The molecular formula is C17H15F2N3O4. The van der Waals surface area contributed by atoms with Crippen LogP contribution in [0.15, 0.2) is 36.4 Å². The summed E-state index contributed by atoms with van der Waals surface area (Å²) in [6.07, 6.45) is 0. The third-order valence-corrected chi connectivity index (χ3v) is 3.72. The highest BCUT2D eigenvalue weighted by atomic mass is 19.2. The second-order valence-electron chi connectivity index (χ2n) is 5.45. The van der Waals surface area contributed by atoms with Crippen molar-refractivity contribution in [3.8, 4) is 0 Å². The first-order valence-corrected chi connectivity index (χ1v) is 7.47. The van der Waals surface area contributed by atoms with E-state index in [1.807, 2.05) is 0 Å². The van der Waals surface area contributed by atoms with E-state index in [-0.39, 0.29) is 22.4 Å². The van der Waals surface area contributed by atoms with Gasteiger partial charge >= 0.3 is 0 Å². The summed E-state index contributed by atoms with van der Waals surface area (Å²) in [5, 5.41) is 15.6. The van der Waals surface area contributed by atoms with E-state index in [1.54, 1.807) is 0 Å². The summed E-state index contributed by atoms with van der Waals surface area (Å²) < 4.78 is 26.6. The summed E-state index contributed by atoms with van der Waals surface area (Å²) in [4.78, 5) is 34.7. The number of amides is 2. The Hall–Kier alpha value is -3.36. The normalized spacial score (nSPS) is 11.5. The fourth-order valence-electron chi connectivity index (χ4n) is 2.35. The summed E-state index contributed by atoms with van der Waals surface area (Å²) in [5.74, 6) is -3.57. The monoisotopic (exact) mass is 363 g/mol. The van der Waals surface area contributed by atoms with E-state index in [9.17, 15) is 28.5 Å². The van der Waals surface area contributed by atoms with Gasteiger partial charge in [-0.25, -0.2) is 8.78 Å². The van der Waals surface area contributed by atoms with Crippen molar-refractivity contribution in [3.63, 3.8) is 0 Å². The maximum atomic E-state index is 13.5. The van der Waals surface area contributed by atoms with Gasteiger partial charge in [0.1, 0.15) is 6.04 Å². The number of rotatable bonds is 5. The van der Waals surface area contributed by atoms with Crippen molar-refractivity contribution < 1.29 is 23.3 Å². The molecule has 0 saturated heterocycles. The average molecular weight is 363 g/mol. The van der Waals surface area contributed by atoms with Gasteiger partial charge in [-0.3, -0.25) is 19.7 Å². The summed E-state index contributed by atoms with van der Waals surface area (Å²) >= 11 is 0. The molecule has 136 valence electrons.